The van der Waals surface area contributed by atoms with Crippen molar-refractivity contribution in [3.8, 4) is 0 Å². The lowest BCUT2D eigenvalue weighted by atomic mass is 10.2. The van der Waals surface area contributed by atoms with E-state index in [4.69, 9.17) is 10.6 Å². The number of carbonyl (C=O) groups is 1. The highest BCUT2D eigenvalue weighted by Gasteiger charge is 2.11. The fourth-order valence-corrected chi connectivity index (χ4v) is 1.04. The van der Waals surface area contributed by atoms with E-state index in [1.165, 1.54) is 12.1 Å². The summed E-state index contributed by atoms with van der Waals surface area (Å²) in [5.41, 5.74) is 7.73. The minimum Gasteiger partial charge on any atom is -0.399 e. The van der Waals surface area contributed by atoms with Crippen molar-refractivity contribution in [2.75, 3.05) is 12.3 Å². The summed E-state index contributed by atoms with van der Waals surface area (Å²) in [6.07, 6.45) is 0. The van der Waals surface area contributed by atoms with Crippen LogP contribution in [0.5, 0.6) is 0 Å². The van der Waals surface area contributed by atoms with Crippen LogP contribution in [0.2, 0.25) is 0 Å². The number of nitrogen functional groups attached to an aromatic ring is 1. The molecule has 0 spiro atoms. The number of hydrogen-bond acceptors (Lipinski definition) is 3. The van der Waals surface area contributed by atoms with E-state index in [9.17, 15) is 9.18 Å². The predicted molar refractivity (Wildman–Crippen MR) is 59.1 cm³/mol. The second-order valence-electron chi connectivity index (χ2n) is 3.88. The van der Waals surface area contributed by atoms with E-state index in [1.54, 1.807) is 0 Å². The first-order chi connectivity index (χ1) is 7.50. The number of carbonyl (C=O) groups excluding carboxylic acids is 1. The number of benzene rings is 1. The van der Waals surface area contributed by atoms with Crippen LogP contribution in [0, 0.1) is 11.7 Å². The van der Waals surface area contributed by atoms with E-state index < -0.39 is 11.7 Å². The zero-order valence-corrected chi connectivity index (χ0v) is 9.29. The second kappa shape index (κ2) is 5.46. The third-order valence-corrected chi connectivity index (χ3v) is 1.82. The van der Waals surface area contributed by atoms with Gasteiger partial charge in [0.25, 0.3) is 5.91 Å². The fraction of sp³-hybridized carbons (Fsp3) is 0.364. The first-order valence-electron chi connectivity index (χ1n) is 4.98. The van der Waals surface area contributed by atoms with Gasteiger partial charge in [0.15, 0.2) is 0 Å². The van der Waals surface area contributed by atoms with Crippen LogP contribution in [0.1, 0.15) is 24.2 Å². The average Bonchev–Trinajstić information content (AvgIpc) is 2.16. The highest BCUT2D eigenvalue weighted by atomic mass is 19.1. The number of rotatable bonds is 4. The summed E-state index contributed by atoms with van der Waals surface area (Å²) in [6.45, 7) is 4.26. The SMILES string of the molecule is CC(C)CONC(=O)c1ccc(N)cc1F. The third-order valence-electron chi connectivity index (χ3n) is 1.82. The molecular formula is C11H15FN2O2. The van der Waals surface area contributed by atoms with Gasteiger partial charge < -0.3 is 5.73 Å². The molecule has 0 heterocycles. The molecule has 0 atom stereocenters. The minimum absolute atomic E-state index is 0.0852. The van der Waals surface area contributed by atoms with Crippen molar-refractivity contribution in [1.29, 1.82) is 0 Å². The number of hydroxylamine groups is 1. The van der Waals surface area contributed by atoms with Gasteiger partial charge in [0.1, 0.15) is 5.82 Å². The zero-order chi connectivity index (χ0) is 12.1. The van der Waals surface area contributed by atoms with Crippen molar-refractivity contribution in [2.45, 2.75) is 13.8 Å². The Bertz CT molecular complexity index is 380. The predicted octanol–water partition coefficient (Wildman–Crippen LogP) is 1.73. The first kappa shape index (κ1) is 12.4. The summed E-state index contributed by atoms with van der Waals surface area (Å²) in [5.74, 6) is -0.986. The number of halogens is 1. The van der Waals surface area contributed by atoms with E-state index in [-0.39, 0.29) is 17.2 Å². The van der Waals surface area contributed by atoms with Crippen molar-refractivity contribution in [3.05, 3.63) is 29.6 Å². The monoisotopic (exact) mass is 226 g/mol. The van der Waals surface area contributed by atoms with E-state index in [2.05, 4.69) is 5.48 Å². The van der Waals surface area contributed by atoms with Gasteiger partial charge in [-0.1, -0.05) is 13.8 Å². The van der Waals surface area contributed by atoms with Gasteiger partial charge in [-0.25, -0.2) is 9.87 Å². The molecule has 0 saturated carbocycles. The van der Waals surface area contributed by atoms with Crippen molar-refractivity contribution < 1.29 is 14.0 Å². The van der Waals surface area contributed by atoms with Crippen LogP contribution >= 0.6 is 0 Å². The van der Waals surface area contributed by atoms with Crippen molar-refractivity contribution >= 4 is 11.6 Å². The Morgan fingerprint density at radius 1 is 1.56 bits per heavy atom. The first-order valence-corrected chi connectivity index (χ1v) is 4.98. The molecule has 16 heavy (non-hydrogen) atoms. The third kappa shape index (κ3) is 3.51. The van der Waals surface area contributed by atoms with E-state index in [1.807, 2.05) is 13.8 Å². The molecule has 0 saturated heterocycles. The molecule has 0 aliphatic rings. The number of nitrogens with one attached hydrogen (secondary N) is 1. The second-order valence-corrected chi connectivity index (χ2v) is 3.88. The Labute approximate surface area is 93.5 Å². The zero-order valence-electron chi connectivity index (χ0n) is 9.29. The molecule has 5 heteroatoms. The molecule has 1 aromatic rings. The molecule has 0 aromatic heterocycles. The number of amides is 1. The van der Waals surface area contributed by atoms with Gasteiger partial charge in [0.2, 0.25) is 0 Å². The van der Waals surface area contributed by atoms with Crippen LogP contribution in [-0.2, 0) is 4.84 Å². The Morgan fingerprint density at radius 3 is 2.81 bits per heavy atom. The summed E-state index contributed by atoms with van der Waals surface area (Å²) in [5, 5.41) is 0. The van der Waals surface area contributed by atoms with Gasteiger partial charge in [0.05, 0.1) is 12.2 Å². The number of nitrogens with two attached hydrogens (primary N) is 1. The van der Waals surface area contributed by atoms with Crippen LogP contribution in [-0.4, -0.2) is 12.5 Å². The summed E-state index contributed by atoms with van der Waals surface area (Å²) in [6, 6.07) is 3.87. The molecular weight excluding hydrogens is 211 g/mol. The van der Waals surface area contributed by atoms with Gasteiger partial charge in [-0.3, -0.25) is 9.63 Å². The van der Waals surface area contributed by atoms with E-state index in [0.29, 0.717) is 6.61 Å². The highest BCUT2D eigenvalue weighted by Crippen LogP contribution is 2.11. The Morgan fingerprint density at radius 2 is 2.25 bits per heavy atom. The average molecular weight is 226 g/mol. The molecule has 1 aromatic carbocycles. The summed E-state index contributed by atoms with van der Waals surface area (Å²) in [4.78, 5) is 16.3. The van der Waals surface area contributed by atoms with Crippen LogP contribution < -0.4 is 11.2 Å². The molecule has 0 radical (unpaired) electrons. The maximum Gasteiger partial charge on any atom is 0.277 e. The molecule has 0 bridgehead atoms. The van der Waals surface area contributed by atoms with Crippen molar-refractivity contribution in [2.24, 2.45) is 5.92 Å². The summed E-state index contributed by atoms with van der Waals surface area (Å²) in [7, 11) is 0. The Balaban J connectivity index is 2.59. The maximum atomic E-state index is 13.3. The molecule has 0 fully saturated rings. The molecule has 0 aliphatic carbocycles. The van der Waals surface area contributed by atoms with Gasteiger partial charge in [-0.2, -0.15) is 0 Å². The minimum atomic E-state index is -0.661. The largest absolute Gasteiger partial charge is 0.399 e. The molecule has 3 N–H and O–H groups in total. The van der Waals surface area contributed by atoms with Crippen LogP contribution in [0.3, 0.4) is 0 Å². The lowest BCUT2D eigenvalue weighted by Crippen LogP contribution is -2.26. The van der Waals surface area contributed by atoms with Crippen LogP contribution in [0.15, 0.2) is 18.2 Å². The van der Waals surface area contributed by atoms with E-state index in [0.717, 1.165) is 6.07 Å². The van der Waals surface area contributed by atoms with Gasteiger partial charge in [-0.05, 0) is 24.1 Å². The molecule has 88 valence electrons. The molecule has 4 nitrogen and oxygen atoms in total. The van der Waals surface area contributed by atoms with Gasteiger partial charge >= 0.3 is 0 Å². The maximum absolute atomic E-state index is 13.3. The number of anilines is 1. The molecule has 0 aliphatic heterocycles. The van der Waals surface area contributed by atoms with Crippen LogP contribution in [0.4, 0.5) is 10.1 Å². The molecule has 1 rings (SSSR count). The van der Waals surface area contributed by atoms with Crippen molar-refractivity contribution in [1.82, 2.24) is 5.48 Å². The lowest BCUT2D eigenvalue weighted by molar-refractivity contribution is 0.0205. The van der Waals surface area contributed by atoms with E-state index >= 15 is 0 Å². The van der Waals surface area contributed by atoms with Crippen molar-refractivity contribution in [3.63, 3.8) is 0 Å². The Hall–Kier alpha value is -1.62. The standard InChI is InChI=1S/C11H15FN2O2/c1-7(2)6-16-14-11(15)9-4-3-8(13)5-10(9)12/h3-5,7H,6,13H2,1-2H3,(H,14,15). The quantitative estimate of drug-likeness (QED) is 0.607. The van der Waals surface area contributed by atoms with Gasteiger partial charge in [0, 0.05) is 5.69 Å². The number of hydrogen-bond donors (Lipinski definition) is 2. The Kier molecular flexibility index (Phi) is 4.25. The summed E-state index contributed by atoms with van der Waals surface area (Å²) < 4.78 is 13.3. The normalized spacial score (nSPS) is 10.5. The molecule has 0 unspecified atom stereocenters. The topological polar surface area (TPSA) is 64.3 Å². The smallest absolute Gasteiger partial charge is 0.277 e. The van der Waals surface area contributed by atoms with Gasteiger partial charge in [-0.15, -0.1) is 0 Å². The summed E-state index contributed by atoms with van der Waals surface area (Å²) >= 11 is 0. The highest BCUT2D eigenvalue weighted by molar-refractivity contribution is 5.94. The lowest BCUT2D eigenvalue weighted by Gasteiger charge is -2.08. The van der Waals surface area contributed by atoms with Crippen LogP contribution in [0.25, 0.3) is 0 Å². The molecule has 1 amide bonds. The fourth-order valence-electron chi connectivity index (χ4n) is 1.04.